The number of amides is 2. The van der Waals surface area contributed by atoms with Crippen molar-refractivity contribution < 1.29 is 14.3 Å². The summed E-state index contributed by atoms with van der Waals surface area (Å²) in [7, 11) is 1.55. The van der Waals surface area contributed by atoms with Crippen LogP contribution in [0, 0.1) is 0 Å². The Hall–Kier alpha value is -2.08. The smallest absolute Gasteiger partial charge is 0.255 e. The Morgan fingerprint density at radius 1 is 1.00 bits per heavy atom. The van der Waals surface area contributed by atoms with Crippen molar-refractivity contribution in [2.75, 3.05) is 25.6 Å². The highest BCUT2D eigenvalue weighted by Gasteiger charge is 2.13. The van der Waals surface area contributed by atoms with Crippen LogP contribution in [0.15, 0.2) is 42.5 Å². The summed E-state index contributed by atoms with van der Waals surface area (Å²) in [5.41, 5.74) is 1.04. The van der Waals surface area contributed by atoms with Gasteiger partial charge in [0.15, 0.2) is 0 Å². The number of ether oxygens (including phenoxy) is 1. The molecule has 0 fully saturated rings. The van der Waals surface area contributed by atoms with E-state index in [0.717, 1.165) is 0 Å². The predicted octanol–water partition coefficient (Wildman–Crippen LogP) is 3.62. The van der Waals surface area contributed by atoms with Gasteiger partial charge in [-0.25, -0.2) is 0 Å². The van der Waals surface area contributed by atoms with Crippen molar-refractivity contribution in [2.24, 2.45) is 0 Å². The topological polar surface area (TPSA) is 67.4 Å². The van der Waals surface area contributed by atoms with Crippen molar-refractivity contribution in [3.05, 3.63) is 63.6 Å². The molecule has 24 heavy (non-hydrogen) atoms. The summed E-state index contributed by atoms with van der Waals surface area (Å²) in [5.74, 6) is -0.686. The molecule has 0 atom stereocenters. The monoisotopic (exact) mass is 366 g/mol. The van der Waals surface area contributed by atoms with Crippen LogP contribution in [0.3, 0.4) is 0 Å². The second-order valence-electron chi connectivity index (χ2n) is 4.88. The zero-order valence-corrected chi connectivity index (χ0v) is 14.4. The molecule has 0 radical (unpaired) electrons. The highest BCUT2D eigenvalue weighted by atomic mass is 35.5. The Labute approximate surface area is 149 Å². The largest absolute Gasteiger partial charge is 0.383 e. The second-order valence-corrected chi connectivity index (χ2v) is 5.69. The highest BCUT2D eigenvalue weighted by Crippen LogP contribution is 2.30. The van der Waals surface area contributed by atoms with Crippen LogP contribution in [0.25, 0.3) is 0 Å². The average Bonchev–Trinajstić information content (AvgIpc) is 2.58. The molecule has 0 spiro atoms. The third kappa shape index (κ3) is 4.71. The standard InChI is InChI=1S/C17H16Cl2N2O3/c1-24-9-8-20-16(22)11-4-2-5-12(10-11)17(23)21-15-13(18)6-3-7-14(15)19/h2-7,10H,8-9H2,1H3,(H,20,22)(H,21,23). The van der Waals surface area contributed by atoms with Crippen molar-refractivity contribution in [3.8, 4) is 0 Å². The first kappa shape index (κ1) is 18.3. The molecule has 2 aromatic carbocycles. The van der Waals surface area contributed by atoms with E-state index in [-0.39, 0.29) is 5.91 Å². The van der Waals surface area contributed by atoms with E-state index in [1.54, 1.807) is 43.5 Å². The summed E-state index contributed by atoms with van der Waals surface area (Å²) < 4.78 is 4.88. The third-order valence-electron chi connectivity index (χ3n) is 3.18. The van der Waals surface area contributed by atoms with E-state index in [1.807, 2.05) is 0 Å². The summed E-state index contributed by atoms with van der Waals surface area (Å²) in [6.45, 7) is 0.803. The average molecular weight is 367 g/mol. The summed E-state index contributed by atoms with van der Waals surface area (Å²) >= 11 is 12.1. The number of carbonyl (C=O) groups excluding carboxylic acids is 2. The Bertz CT molecular complexity index is 730. The molecular formula is C17H16Cl2N2O3. The Kier molecular flexibility index (Phi) is 6.61. The fourth-order valence-corrected chi connectivity index (χ4v) is 2.47. The maximum absolute atomic E-state index is 12.4. The number of carbonyl (C=O) groups is 2. The van der Waals surface area contributed by atoms with Gasteiger partial charge >= 0.3 is 0 Å². The van der Waals surface area contributed by atoms with Gasteiger partial charge in [-0.3, -0.25) is 9.59 Å². The number of halogens is 2. The minimum absolute atomic E-state index is 0.280. The molecular weight excluding hydrogens is 351 g/mol. The van der Waals surface area contributed by atoms with Gasteiger partial charge in [0.2, 0.25) is 0 Å². The van der Waals surface area contributed by atoms with Gasteiger partial charge in [-0.1, -0.05) is 35.3 Å². The zero-order chi connectivity index (χ0) is 17.5. The number of benzene rings is 2. The highest BCUT2D eigenvalue weighted by molar-refractivity contribution is 6.40. The van der Waals surface area contributed by atoms with Crippen LogP contribution in [0.1, 0.15) is 20.7 Å². The van der Waals surface area contributed by atoms with Gasteiger partial charge in [0, 0.05) is 24.8 Å². The molecule has 126 valence electrons. The van der Waals surface area contributed by atoms with Crippen LogP contribution in [0.4, 0.5) is 5.69 Å². The summed E-state index contributed by atoms with van der Waals surface area (Å²) in [4.78, 5) is 24.4. The Balaban J connectivity index is 2.13. The van der Waals surface area contributed by atoms with Crippen LogP contribution in [0.2, 0.25) is 10.0 Å². The van der Waals surface area contributed by atoms with Crippen LogP contribution in [0.5, 0.6) is 0 Å². The van der Waals surface area contributed by atoms with Gasteiger partial charge in [0.25, 0.3) is 11.8 Å². The number of para-hydroxylation sites is 1. The SMILES string of the molecule is COCCNC(=O)c1cccc(C(=O)Nc2c(Cl)cccc2Cl)c1. The predicted molar refractivity (Wildman–Crippen MR) is 95.1 cm³/mol. The Morgan fingerprint density at radius 2 is 1.58 bits per heavy atom. The molecule has 0 aromatic heterocycles. The van der Waals surface area contributed by atoms with Gasteiger partial charge in [-0.05, 0) is 30.3 Å². The normalized spacial score (nSPS) is 10.3. The number of anilines is 1. The van der Waals surface area contributed by atoms with Crippen molar-refractivity contribution in [2.45, 2.75) is 0 Å². The van der Waals surface area contributed by atoms with Crippen LogP contribution in [-0.2, 0) is 4.74 Å². The van der Waals surface area contributed by atoms with Crippen molar-refractivity contribution in [3.63, 3.8) is 0 Å². The molecule has 0 saturated carbocycles. The molecule has 2 rings (SSSR count). The van der Waals surface area contributed by atoms with Crippen molar-refractivity contribution in [1.82, 2.24) is 5.32 Å². The van der Waals surface area contributed by atoms with Gasteiger partial charge in [0.05, 0.1) is 22.3 Å². The second kappa shape index (κ2) is 8.68. The molecule has 0 bridgehead atoms. The number of hydrogen-bond acceptors (Lipinski definition) is 3. The zero-order valence-electron chi connectivity index (χ0n) is 12.9. The number of nitrogens with one attached hydrogen (secondary N) is 2. The maximum atomic E-state index is 12.4. The van der Waals surface area contributed by atoms with Crippen LogP contribution < -0.4 is 10.6 Å². The minimum atomic E-state index is -0.406. The molecule has 0 unspecified atom stereocenters. The van der Waals surface area contributed by atoms with Gasteiger partial charge in [-0.2, -0.15) is 0 Å². The number of hydrogen-bond donors (Lipinski definition) is 2. The van der Waals surface area contributed by atoms with E-state index in [1.165, 1.54) is 6.07 Å². The lowest BCUT2D eigenvalue weighted by Crippen LogP contribution is -2.27. The maximum Gasteiger partial charge on any atom is 0.255 e. The summed E-state index contributed by atoms with van der Waals surface area (Å²) in [6.07, 6.45) is 0. The molecule has 2 aromatic rings. The van der Waals surface area contributed by atoms with Crippen LogP contribution >= 0.6 is 23.2 Å². The molecule has 7 heteroatoms. The molecule has 0 aliphatic heterocycles. The van der Waals surface area contributed by atoms with E-state index < -0.39 is 5.91 Å². The van der Waals surface area contributed by atoms with E-state index in [4.69, 9.17) is 27.9 Å². The summed E-state index contributed by atoms with van der Waals surface area (Å²) in [5, 5.41) is 6.03. The Morgan fingerprint density at radius 3 is 2.21 bits per heavy atom. The molecule has 5 nitrogen and oxygen atoms in total. The number of methoxy groups -OCH3 is 1. The van der Waals surface area contributed by atoms with E-state index in [9.17, 15) is 9.59 Å². The van der Waals surface area contributed by atoms with Crippen LogP contribution in [-0.4, -0.2) is 32.1 Å². The molecule has 2 amide bonds. The lowest BCUT2D eigenvalue weighted by molar-refractivity contribution is 0.0937. The minimum Gasteiger partial charge on any atom is -0.383 e. The lowest BCUT2D eigenvalue weighted by Gasteiger charge is -2.10. The first-order valence-corrected chi connectivity index (χ1v) is 7.91. The molecule has 0 heterocycles. The van der Waals surface area contributed by atoms with Crippen molar-refractivity contribution in [1.29, 1.82) is 0 Å². The van der Waals surface area contributed by atoms with E-state index >= 15 is 0 Å². The van der Waals surface area contributed by atoms with E-state index in [2.05, 4.69) is 10.6 Å². The van der Waals surface area contributed by atoms with Gasteiger partial charge in [-0.15, -0.1) is 0 Å². The summed E-state index contributed by atoms with van der Waals surface area (Å²) in [6, 6.07) is 11.3. The van der Waals surface area contributed by atoms with E-state index in [0.29, 0.717) is 40.0 Å². The quantitative estimate of drug-likeness (QED) is 0.767. The first-order chi connectivity index (χ1) is 11.5. The van der Waals surface area contributed by atoms with Gasteiger partial charge in [0.1, 0.15) is 0 Å². The number of rotatable bonds is 6. The molecule has 0 aliphatic rings. The molecule has 2 N–H and O–H groups in total. The molecule has 0 aliphatic carbocycles. The third-order valence-corrected chi connectivity index (χ3v) is 3.81. The van der Waals surface area contributed by atoms with Gasteiger partial charge < -0.3 is 15.4 Å². The lowest BCUT2D eigenvalue weighted by atomic mass is 10.1. The fraction of sp³-hybridized carbons (Fsp3) is 0.176. The van der Waals surface area contributed by atoms with Crippen molar-refractivity contribution >= 4 is 40.7 Å². The fourth-order valence-electron chi connectivity index (χ4n) is 1.97. The molecule has 0 saturated heterocycles. The first-order valence-electron chi connectivity index (χ1n) is 7.15.